The first-order chi connectivity index (χ1) is 10.2. The van der Waals surface area contributed by atoms with E-state index < -0.39 is 0 Å². The molecule has 0 aromatic heterocycles. The minimum absolute atomic E-state index is 0.277. The smallest absolute Gasteiger partial charge is 0.0947 e. The topological polar surface area (TPSA) is 23.5 Å². The molecule has 0 amide bonds. The van der Waals surface area contributed by atoms with Gasteiger partial charge in [-0.25, -0.2) is 0 Å². The molecule has 0 heterocycles. The second-order valence-corrected chi connectivity index (χ2v) is 6.37. The Morgan fingerprint density at radius 1 is 1.19 bits per heavy atom. The molecule has 1 aliphatic carbocycles. The van der Waals surface area contributed by atoms with Crippen molar-refractivity contribution in [2.75, 3.05) is 13.1 Å². The molecule has 2 unspecified atom stereocenters. The first kappa shape index (κ1) is 16.5. The van der Waals surface area contributed by atoms with Crippen molar-refractivity contribution in [1.29, 1.82) is 0 Å². The van der Waals surface area contributed by atoms with Crippen LogP contribution in [-0.2, 0) is 6.42 Å². The van der Waals surface area contributed by atoms with Gasteiger partial charge in [-0.2, -0.15) is 0 Å². The lowest BCUT2D eigenvalue weighted by Crippen LogP contribution is -2.42. The van der Waals surface area contributed by atoms with Crippen LogP contribution in [0.25, 0.3) is 0 Å². The van der Waals surface area contributed by atoms with Crippen molar-refractivity contribution >= 4 is 0 Å². The van der Waals surface area contributed by atoms with E-state index in [9.17, 15) is 5.11 Å². The van der Waals surface area contributed by atoms with Gasteiger partial charge < -0.3 is 5.11 Å². The molecule has 2 nitrogen and oxygen atoms in total. The van der Waals surface area contributed by atoms with E-state index in [1.54, 1.807) is 0 Å². The molecular weight excluding hydrogens is 258 g/mol. The molecule has 2 rings (SSSR count). The van der Waals surface area contributed by atoms with Crippen LogP contribution in [0.4, 0.5) is 0 Å². The van der Waals surface area contributed by atoms with E-state index in [1.165, 1.54) is 24.8 Å². The molecule has 0 aliphatic heterocycles. The lowest BCUT2D eigenvalue weighted by molar-refractivity contribution is 0.0378. The largest absolute Gasteiger partial charge is 0.387 e. The normalized spacial score (nSPS) is 22.4. The third-order valence-electron chi connectivity index (χ3n) is 5.21. The predicted octanol–water partition coefficient (Wildman–Crippen LogP) is 4.18. The Bertz CT molecular complexity index is 427. The molecule has 2 heteroatoms. The molecule has 0 bridgehead atoms. The molecule has 118 valence electrons. The first-order valence-corrected chi connectivity index (χ1v) is 8.71. The summed E-state index contributed by atoms with van der Waals surface area (Å²) >= 11 is 0. The van der Waals surface area contributed by atoms with Gasteiger partial charge in [0.05, 0.1) is 6.10 Å². The number of nitrogens with zero attached hydrogens (tertiary/aromatic N) is 1. The maximum absolute atomic E-state index is 10.9. The van der Waals surface area contributed by atoms with Crippen LogP contribution < -0.4 is 0 Å². The summed E-state index contributed by atoms with van der Waals surface area (Å²) in [5, 5.41) is 10.9. The number of aliphatic hydroxyl groups excluding tert-OH is 1. The van der Waals surface area contributed by atoms with E-state index in [4.69, 9.17) is 0 Å². The number of fused-ring (bicyclic) bond motifs is 1. The van der Waals surface area contributed by atoms with Crippen molar-refractivity contribution in [2.45, 2.75) is 65.0 Å². The zero-order valence-corrected chi connectivity index (χ0v) is 13.9. The minimum Gasteiger partial charge on any atom is -0.387 e. The van der Waals surface area contributed by atoms with E-state index in [0.717, 1.165) is 37.4 Å². The number of aliphatic hydroxyl groups is 1. The average Bonchev–Trinajstić information content (AvgIpc) is 2.69. The van der Waals surface area contributed by atoms with Crippen molar-refractivity contribution in [3.8, 4) is 0 Å². The Labute approximate surface area is 130 Å². The van der Waals surface area contributed by atoms with Crippen LogP contribution in [-0.4, -0.2) is 29.1 Å². The fraction of sp³-hybridized carbons (Fsp3) is 0.684. The molecule has 0 spiro atoms. The fourth-order valence-electron chi connectivity index (χ4n) is 3.68. The zero-order valence-electron chi connectivity index (χ0n) is 13.9. The fourth-order valence-corrected chi connectivity index (χ4v) is 3.68. The van der Waals surface area contributed by atoms with Crippen LogP contribution in [0.3, 0.4) is 0 Å². The monoisotopic (exact) mass is 289 g/mol. The average molecular weight is 289 g/mol. The lowest BCUT2D eigenvalue weighted by Gasteiger charge is -2.35. The van der Waals surface area contributed by atoms with Crippen LogP contribution in [0.5, 0.6) is 0 Å². The number of hydrogen-bond donors (Lipinski definition) is 1. The minimum atomic E-state index is -0.335. The van der Waals surface area contributed by atoms with Crippen LogP contribution in [0.1, 0.15) is 63.7 Å². The highest BCUT2D eigenvalue weighted by molar-refractivity contribution is 5.31. The van der Waals surface area contributed by atoms with E-state index >= 15 is 0 Å². The van der Waals surface area contributed by atoms with Gasteiger partial charge in [0.2, 0.25) is 0 Å². The summed E-state index contributed by atoms with van der Waals surface area (Å²) in [5.74, 6) is 0.746. The highest BCUT2D eigenvalue weighted by Crippen LogP contribution is 2.32. The predicted molar refractivity (Wildman–Crippen MR) is 89.4 cm³/mol. The van der Waals surface area contributed by atoms with Crippen molar-refractivity contribution in [3.63, 3.8) is 0 Å². The van der Waals surface area contributed by atoms with Gasteiger partial charge in [0.15, 0.2) is 0 Å². The highest BCUT2D eigenvalue weighted by Gasteiger charge is 2.30. The zero-order chi connectivity index (χ0) is 15.2. The van der Waals surface area contributed by atoms with Crippen molar-refractivity contribution in [1.82, 2.24) is 4.90 Å². The van der Waals surface area contributed by atoms with Gasteiger partial charge in [-0.05, 0) is 42.9 Å². The number of benzene rings is 1. The van der Waals surface area contributed by atoms with E-state index in [1.807, 2.05) is 0 Å². The summed E-state index contributed by atoms with van der Waals surface area (Å²) in [6, 6.07) is 8.72. The van der Waals surface area contributed by atoms with Gasteiger partial charge in [0, 0.05) is 12.6 Å². The third-order valence-corrected chi connectivity index (χ3v) is 5.21. The van der Waals surface area contributed by atoms with Crippen LogP contribution in [0.15, 0.2) is 24.3 Å². The quantitative estimate of drug-likeness (QED) is 0.794. The number of hydrogen-bond acceptors (Lipinski definition) is 2. The molecular formula is C19H31NO. The van der Waals surface area contributed by atoms with Gasteiger partial charge in [0.1, 0.15) is 0 Å². The molecule has 0 saturated heterocycles. The lowest BCUT2D eigenvalue weighted by atomic mass is 9.96. The van der Waals surface area contributed by atoms with Crippen molar-refractivity contribution < 1.29 is 5.11 Å². The third kappa shape index (κ3) is 3.87. The van der Waals surface area contributed by atoms with E-state index in [-0.39, 0.29) is 12.1 Å². The second kappa shape index (κ2) is 7.95. The maximum atomic E-state index is 10.9. The van der Waals surface area contributed by atoms with Crippen molar-refractivity contribution in [2.24, 2.45) is 5.92 Å². The second-order valence-electron chi connectivity index (χ2n) is 6.37. The summed E-state index contributed by atoms with van der Waals surface area (Å²) in [6.07, 6.45) is 5.51. The first-order valence-electron chi connectivity index (χ1n) is 8.71. The molecule has 0 fully saturated rings. The molecule has 21 heavy (non-hydrogen) atoms. The van der Waals surface area contributed by atoms with Gasteiger partial charge in [-0.15, -0.1) is 0 Å². The number of aryl methyl sites for hydroxylation is 1. The molecule has 0 radical (unpaired) electrons. The van der Waals surface area contributed by atoms with E-state index in [2.05, 4.69) is 49.9 Å². The number of likely N-dealkylation sites (N-methyl/N-ethyl adjacent to an activating group) is 1. The number of rotatable bonds is 6. The van der Waals surface area contributed by atoms with Gasteiger partial charge >= 0.3 is 0 Å². The van der Waals surface area contributed by atoms with Gasteiger partial charge in [-0.3, -0.25) is 4.90 Å². The Balaban J connectivity index is 2.17. The van der Waals surface area contributed by atoms with Gasteiger partial charge in [0.25, 0.3) is 0 Å². The Morgan fingerprint density at radius 2 is 1.90 bits per heavy atom. The molecule has 1 aromatic rings. The van der Waals surface area contributed by atoms with Crippen LogP contribution in [0, 0.1) is 5.92 Å². The van der Waals surface area contributed by atoms with Crippen molar-refractivity contribution in [3.05, 3.63) is 35.4 Å². The summed E-state index contributed by atoms with van der Waals surface area (Å²) in [6.45, 7) is 8.93. The molecule has 1 aliphatic rings. The molecule has 1 aromatic carbocycles. The molecule has 1 N–H and O–H groups in total. The van der Waals surface area contributed by atoms with E-state index in [0.29, 0.717) is 0 Å². The molecule has 2 atom stereocenters. The highest BCUT2D eigenvalue weighted by atomic mass is 16.3. The van der Waals surface area contributed by atoms with Crippen LogP contribution in [0.2, 0.25) is 0 Å². The Morgan fingerprint density at radius 3 is 2.57 bits per heavy atom. The SMILES string of the molecule is CCC(CC)CN(CC)C1CCCc2ccccc2C1O. The summed E-state index contributed by atoms with van der Waals surface area (Å²) in [7, 11) is 0. The summed E-state index contributed by atoms with van der Waals surface area (Å²) in [4.78, 5) is 2.52. The Hall–Kier alpha value is -0.860. The Kier molecular flexibility index (Phi) is 6.25. The van der Waals surface area contributed by atoms with Gasteiger partial charge in [-0.1, -0.05) is 57.9 Å². The summed E-state index contributed by atoms with van der Waals surface area (Å²) < 4.78 is 0. The summed E-state index contributed by atoms with van der Waals surface area (Å²) in [5.41, 5.74) is 2.49. The maximum Gasteiger partial charge on any atom is 0.0947 e. The molecule has 0 saturated carbocycles. The standard InChI is InChI=1S/C19H31NO/c1-4-15(5-2)14-20(6-3)18-13-9-11-16-10-7-8-12-17(16)19(18)21/h7-8,10,12,15,18-19,21H,4-6,9,11,13-14H2,1-3H3. The van der Waals surface area contributed by atoms with Crippen LogP contribution >= 0.6 is 0 Å².